The predicted molar refractivity (Wildman–Crippen MR) is 133 cm³/mol. The lowest BCUT2D eigenvalue weighted by atomic mass is 9.97. The third-order valence-electron chi connectivity index (χ3n) is 6.27. The number of hydrazone groups is 1. The molecule has 1 N–H and O–H groups in total. The summed E-state index contributed by atoms with van der Waals surface area (Å²) in [6, 6.07) is 23.4. The monoisotopic (exact) mass is 459 g/mol. The van der Waals surface area contributed by atoms with Crippen LogP contribution in [0.2, 0.25) is 0 Å². The first-order chi connectivity index (χ1) is 16.2. The molecule has 170 valence electrons. The molecule has 5 rings (SSSR count). The third-order valence-corrected chi connectivity index (χ3v) is 7.48. The summed E-state index contributed by atoms with van der Waals surface area (Å²) in [6.45, 7) is 6.15. The van der Waals surface area contributed by atoms with E-state index in [1.165, 1.54) is 20.9 Å². The van der Waals surface area contributed by atoms with Crippen molar-refractivity contribution < 1.29 is 9.84 Å². The van der Waals surface area contributed by atoms with Crippen LogP contribution in [0.4, 0.5) is 0 Å². The van der Waals surface area contributed by atoms with E-state index in [9.17, 15) is 5.11 Å². The average Bonchev–Trinajstić information content (AvgIpc) is 3.02. The maximum atomic E-state index is 9.90. The minimum absolute atomic E-state index is 0.158. The van der Waals surface area contributed by atoms with E-state index in [-0.39, 0.29) is 5.75 Å². The molecule has 6 heteroatoms. The molecule has 0 saturated carbocycles. The van der Waals surface area contributed by atoms with Gasteiger partial charge in [0, 0.05) is 42.0 Å². The van der Waals surface area contributed by atoms with E-state index in [0.29, 0.717) is 18.4 Å². The van der Waals surface area contributed by atoms with Crippen LogP contribution >= 0.6 is 11.8 Å². The Morgan fingerprint density at radius 1 is 1.00 bits per heavy atom. The van der Waals surface area contributed by atoms with E-state index in [0.717, 1.165) is 38.2 Å². The summed E-state index contributed by atoms with van der Waals surface area (Å²) in [7, 11) is 0. The number of nitrogens with zero attached hydrogens (tertiary/aromatic N) is 3. The summed E-state index contributed by atoms with van der Waals surface area (Å²) in [6.07, 6.45) is 2.89. The second-order valence-electron chi connectivity index (χ2n) is 8.36. The maximum absolute atomic E-state index is 9.90. The Balaban J connectivity index is 1.28. The molecule has 2 heterocycles. The van der Waals surface area contributed by atoms with Gasteiger partial charge >= 0.3 is 0 Å². The SMILES string of the molecule is CCOc1cc(C=NN2CCN(C3Cc4ccccc4Sc4ccccc43)CC2)ccc1O. The van der Waals surface area contributed by atoms with Crippen LogP contribution in [0, 0.1) is 0 Å². The Hall–Kier alpha value is -2.96. The molecule has 1 saturated heterocycles. The third kappa shape index (κ3) is 4.87. The molecule has 1 fully saturated rings. The van der Waals surface area contributed by atoms with Crippen LogP contribution in [-0.2, 0) is 6.42 Å². The van der Waals surface area contributed by atoms with E-state index in [2.05, 4.69) is 58.4 Å². The van der Waals surface area contributed by atoms with Crippen LogP contribution in [0.5, 0.6) is 11.5 Å². The Morgan fingerprint density at radius 2 is 1.76 bits per heavy atom. The van der Waals surface area contributed by atoms with Crippen LogP contribution in [0.1, 0.15) is 29.7 Å². The second-order valence-corrected chi connectivity index (χ2v) is 9.45. The van der Waals surface area contributed by atoms with E-state index in [1.807, 2.05) is 37.0 Å². The first kappa shape index (κ1) is 21.9. The lowest BCUT2D eigenvalue weighted by Crippen LogP contribution is -2.46. The zero-order valence-electron chi connectivity index (χ0n) is 18.9. The summed E-state index contributed by atoms with van der Waals surface area (Å²) in [5.41, 5.74) is 3.79. The Labute approximate surface area is 199 Å². The molecule has 0 aromatic heterocycles. The largest absolute Gasteiger partial charge is 0.504 e. The van der Waals surface area contributed by atoms with Gasteiger partial charge in [-0.05, 0) is 60.4 Å². The molecule has 2 aliphatic heterocycles. The van der Waals surface area contributed by atoms with Gasteiger partial charge < -0.3 is 9.84 Å². The van der Waals surface area contributed by atoms with E-state index >= 15 is 0 Å². The van der Waals surface area contributed by atoms with Crippen LogP contribution in [0.3, 0.4) is 0 Å². The molecule has 1 unspecified atom stereocenters. The van der Waals surface area contributed by atoms with Gasteiger partial charge in [-0.25, -0.2) is 0 Å². The smallest absolute Gasteiger partial charge is 0.161 e. The normalized spacial score (nSPS) is 18.6. The highest BCUT2D eigenvalue weighted by molar-refractivity contribution is 7.99. The van der Waals surface area contributed by atoms with Crippen molar-refractivity contribution in [1.29, 1.82) is 0 Å². The van der Waals surface area contributed by atoms with Crippen LogP contribution in [-0.4, -0.2) is 54.0 Å². The predicted octanol–water partition coefficient (Wildman–Crippen LogP) is 5.19. The first-order valence-corrected chi connectivity index (χ1v) is 12.4. The average molecular weight is 460 g/mol. The number of piperazine rings is 1. The maximum Gasteiger partial charge on any atom is 0.161 e. The van der Waals surface area contributed by atoms with E-state index in [4.69, 9.17) is 9.84 Å². The second kappa shape index (κ2) is 9.89. The Kier molecular flexibility index (Phi) is 6.55. The summed E-state index contributed by atoms with van der Waals surface area (Å²) in [5, 5.41) is 16.7. The molecule has 0 radical (unpaired) electrons. The highest BCUT2D eigenvalue weighted by Gasteiger charge is 2.29. The zero-order chi connectivity index (χ0) is 22.6. The van der Waals surface area contributed by atoms with Crippen molar-refractivity contribution in [3.8, 4) is 11.5 Å². The van der Waals surface area contributed by atoms with Crippen molar-refractivity contribution >= 4 is 18.0 Å². The van der Waals surface area contributed by atoms with Gasteiger partial charge in [0.1, 0.15) is 0 Å². The first-order valence-electron chi connectivity index (χ1n) is 11.5. The molecule has 0 aliphatic carbocycles. The van der Waals surface area contributed by atoms with E-state index in [1.54, 1.807) is 6.07 Å². The number of aromatic hydroxyl groups is 1. The molecule has 0 amide bonds. The fourth-order valence-electron chi connectivity index (χ4n) is 4.55. The molecule has 33 heavy (non-hydrogen) atoms. The molecule has 3 aromatic carbocycles. The summed E-state index contributed by atoms with van der Waals surface area (Å²) in [4.78, 5) is 5.35. The molecule has 0 bridgehead atoms. The minimum Gasteiger partial charge on any atom is -0.504 e. The Bertz CT molecular complexity index is 1140. The van der Waals surface area contributed by atoms with Crippen molar-refractivity contribution in [2.75, 3.05) is 32.8 Å². The fraction of sp³-hybridized carbons (Fsp3) is 0.296. The summed E-state index contributed by atoms with van der Waals surface area (Å²) < 4.78 is 5.48. The molecule has 3 aromatic rings. The van der Waals surface area contributed by atoms with Gasteiger partial charge in [-0.15, -0.1) is 0 Å². The lowest BCUT2D eigenvalue weighted by Gasteiger charge is -2.38. The molecule has 5 nitrogen and oxygen atoms in total. The highest BCUT2D eigenvalue weighted by Crippen LogP contribution is 2.42. The van der Waals surface area contributed by atoms with Gasteiger partial charge in [-0.3, -0.25) is 9.91 Å². The number of benzene rings is 3. The van der Waals surface area contributed by atoms with Gasteiger partial charge in [0.15, 0.2) is 11.5 Å². The van der Waals surface area contributed by atoms with Gasteiger partial charge in [0.2, 0.25) is 0 Å². The van der Waals surface area contributed by atoms with Crippen molar-refractivity contribution in [3.63, 3.8) is 0 Å². The standard InChI is InChI=1S/C27H29N3O2S/c1-2-32-25-17-20(11-12-24(25)31)19-28-30-15-13-29(14-16-30)23-18-21-7-3-5-9-26(21)33-27-10-6-4-8-22(23)27/h3-12,17,19,23,31H,2,13-16,18H2,1H3. The Morgan fingerprint density at radius 3 is 2.58 bits per heavy atom. The van der Waals surface area contributed by atoms with E-state index < -0.39 is 0 Å². The van der Waals surface area contributed by atoms with Crippen LogP contribution < -0.4 is 4.74 Å². The number of hydrogen-bond acceptors (Lipinski definition) is 6. The van der Waals surface area contributed by atoms with Gasteiger partial charge in [0.25, 0.3) is 0 Å². The zero-order valence-corrected chi connectivity index (χ0v) is 19.7. The van der Waals surface area contributed by atoms with Crippen LogP contribution in [0.25, 0.3) is 0 Å². The van der Waals surface area contributed by atoms with Crippen molar-refractivity contribution in [3.05, 3.63) is 83.4 Å². The quantitative estimate of drug-likeness (QED) is 0.532. The number of ether oxygens (including phenoxy) is 1. The fourth-order valence-corrected chi connectivity index (χ4v) is 5.69. The van der Waals surface area contributed by atoms with Crippen molar-refractivity contribution in [1.82, 2.24) is 9.91 Å². The number of hydrogen-bond donors (Lipinski definition) is 1. The summed E-state index contributed by atoms with van der Waals surface area (Å²) >= 11 is 1.89. The van der Waals surface area contributed by atoms with Gasteiger partial charge in [-0.1, -0.05) is 48.2 Å². The molecular weight excluding hydrogens is 430 g/mol. The molecule has 2 aliphatic rings. The van der Waals surface area contributed by atoms with Gasteiger partial charge in [-0.2, -0.15) is 5.10 Å². The number of phenolic OH excluding ortho intramolecular Hbond substituents is 1. The van der Waals surface area contributed by atoms with Crippen LogP contribution in [0.15, 0.2) is 81.6 Å². The van der Waals surface area contributed by atoms with Crippen molar-refractivity contribution in [2.45, 2.75) is 29.2 Å². The molecule has 0 spiro atoms. The molecule has 1 atom stereocenters. The summed E-state index contributed by atoms with van der Waals surface area (Å²) in [5.74, 6) is 0.655. The highest BCUT2D eigenvalue weighted by atomic mass is 32.2. The van der Waals surface area contributed by atoms with Crippen molar-refractivity contribution in [2.24, 2.45) is 5.10 Å². The van der Waals surface area contributed by atoms with Gasteiger partial charge in [0.05, 0.1) is 12.8 Å². The number of rotatable bonds is 5. The minimum atomic E-state index is 0.158. The number of phenols is 1. The topological polar surface area (TPSA) is 48.3 Å². The molecular formula is C27H29N3O2S. The number of fused-ring (bicyclic) bond motifs is 2. The lowest BCUT2D eigenvalue weighted by molar-refractivity contribution is 0.0970.